The van der Waals surface area contributed by atoms with E-state index in [0.29, 0.717) is 4.75 Å². The fourth-order valence-corrected chi connectivity index (χ4v) is 13.7. The summed E-state index contributed by atoms with van der Waals surface area (Å²) < 4.78 is 0.315. The molecule has 1 aromatic carbocycles. The first-order valence-corrected chi connectivity index (χ1v) is 15.1. The van der Waals surface area contributed by atoms with Crippen LogP contribution >= 0.6 is 11.6 Å². The van der Waals surface area contributed by atoms with Crippen LogP contribution in [0.25, 0.3) is 0 Å². The monoisotopic (exact) mass is 418 g/mol. The molecule has 0 aliphatic carbocycles. The standard InChI is InChI=1S/C20H25ClGeN2O/c1-4-22(5-2,6-3)18-19(17-13-9-10-14-23-17)24-25-20(18)15-11-7-8-12-16(15)21/h7-14,18,20H,4-6H2,1-3H3. The van der Waals surface area contributed by atoms with Gasteiger partial charge >= 0.3 is 158 Å². The van der Waals surface area contributed by atoms with E-state index in [-0.39, 0.29) is 6.10 Å². The Morgan fingerprint density at radius 1 is 1.00 bits per heavy atom. The van der Waals surface area contributed by atoms with Gasteiger partial charge in [-0.2, -0.15) is 0 Å². The minimum absolute atomic E-state index is 0.0921. The van der Waals surface area contributed by atoms with Gasteiger partial charge in [-0.15, -0.1) is 0 Å². The molecule has 3 rings (SSSR count). The summed E-state index contributed by atoms with van der Waals surface area (Å²) in [6.07, 6.45) is 1.74. The molecule has 2 atom stereocenters. The molecule has 2 unspecified atom stereocenters. The summed E-state index contributed by atoms with van der Waals surface area (Å²) in [5.41, 5.74) is 3.01. The molecule has 0 radical (unpaired) electrons. The molecule has 25 heavy (non-hydrogen) atoms. The fraction of sp³-hybridized carbons (Fsp3) is 0.400. The number of nitrogens with zero attached hydrogens (tertiary/aromatic N) is 2. The topological polar surface area (TPSA) is 34.5 Å². The molecule has 0 amide bonds. The van der Waals surface area contributed by atoms with Crippen molar-refractivity contribution in [2.45, 2.75) is 47.4 Å². The van der Waals surface area contributed by atoms with Crippen LogP contribution in [0.5, 0.6) is 0 Å². The third-order valence-corrected chi connectivity index (χ3v) is 19.0. The van der Waals surface area contributed by atoms with Crippen molar-refractivity contribution in [1.29, 1.82) is 0 Å². The first kappa shape index (κ1) is 18.5. The third kappa shape index (κ3) is 3.36. The zero-order valence-electron chi connectivity index (χ0n) is 15.1. The second-order valence-electron chi connectivity index (χ2n) is 6.64. The van der Waals surface area contributed by atoms with Crippen molar-refractivity contribution >= 4 is 30.6 Å². The summed E-state index contributed by atoms with van der Waals surface area (Å²) in [5, 5.41) is 9.03. The molecule has 3 nitrogen and oxygen atoms in total. The summed E-state index contributed by atoms with van der Waals surface area (Å²) >= 11 is 4.25. The Labute approximate surface area is 157 Å². The summed E-state index contributed by atoms with van der Waals surface area (Å²) in [4.78, 5) is 10.6. The van der Waals surface area contributed by atoms with Crippen LogP contribution < -0.4 is 0 Å². The Morgan fingerprint density at radius 2 is 1.68 bits per heavy atom. The van der Waals surface area contributed by atoms with Gasteiger partial charge in [-0.1, -0.05) is 0 Å². The Hall–Kier alpha value is -1.33. The van der Waals surface area contributed by atoms with Crippen molar-refractivity contribution < 1.29 is 4.84 Å². The molecular weight excluding hydrogens is 392 g/mol. The molecule has 1 aromatic heterocycles. The molecule has 2 aromatic rings. The number of halogens is 1. The second kappa shape index (κ2) is 7.92. The maximum absolute atomic E-state index is 6.52. The number of aromatic nitrogens is 1. The Balaban J connectivity index is 2.11. The van der Waals surface area contributed by atoms with E-state index in [4.69, 9.17) is 16.4 Å². The van der Waals surface area contributed by atoms with Crippen LogP contribution in [0.2, 0.25) is 25.5 Å². The number of benzene rings is 1. The molecule has 5 heteroatoms. The van der Waals surface area contributed by atoms with Crippen LogP contribution in [0.15, 0.2) is 53.8 Å². The number of oxime groups is 1. The summed E-state index contributed by atoms with van der Waals surface area (Å²) in [5.74, 6) is 0. The van der Waals surface area contributed by atoms with Crippen LogP contribution in [-0.2, 0) is 4.84 Å². The van der Waals surface area contributed by atoms with Crippen molar-refractivity contribution in [2.24, 2.45) is 5.16 Å². The summed E-state index contributed by atoms with van der Waals surface area (Å²) in [6.45, 7) is 7.01. The van der Waals surface area contributed by atoms with E-state index in [0.717, 1.165) is 22.0 Å². The normalized spacial score (nSPS) is 20.2. The summed E-state index contributed by atoms with van der Waals surface area (Å²) in [7, 11) is 0. The fourth-order valence-electron chi connectivity index (χ4n) is 4.06. The zero-order chi connectivity index (χ0) is 17.9. The molecule has 0 saturated heterocycles. The Morgan fingerprint density at radius 3 is 2.28 bits per heavy atom. The van der Waals surface area contributed by atoms with Crippen LogP contribution in [0.3, 0.4) is 0 Å². The van der Waals surface area contributed by atoms with Gasteiger partial charge in [0.2, 0.25) is 0 Å². The van der Waals surface area contributed by atoms with Crippen LogP contribution in [-0.4, -0.2) is 24.0 Å². The van der Waals surface area contributed by atoms with Crippen molar-refractivity contribution in [3.8, 4) is 0 Å². The first-order valence-electron chi connectivity index (χ1n) is 9.06. The Kier molecular flexibility index (Phi) is 5.85. The van der Waals surface area contributed by atoms with Gasteiger partial charge in [-0.25, -0.2) is 0 Å². The first-order chi connectivity index (χ1) is 12.2. The van der Waals surface area contributed by atoms with Crippen LogP contribution in [0.1, 0.15) is 38.1 Å². The van der Waals surface area contributed by atoms with Crippen LogP contribution in [0, 0.1) is 0 Å². The molecule has 1 aliphatic rings. The quantitative estimate of drug-likeness (QED) is 0.533. The number of hydrogen-bond acceptors (Lipinski definition) is 3. The number of rotatable bonds is 6. The number of hydrogen-bond donors (Lipinski definition) is 0. The third-order valence-electron chi connectivity index (χ3n) is 5.77. The molecule has 0 saturated carbocycles. The second-order valence-corrected chi connectivity index (χ2v) is 18.5. The van der Waals surface area contributed by atoms with Gasteiger partial charge < -0.3 is 0 Å². The molecule has 0 spiro atoms. The van der Waals surface area contributed by atoms with Gasteiger partial charge in [0, 0.05) is 0 Å². The van der Waals surface area contributed by atoms with E-state index in [2.05, 4.69) is 37.0 Å². The number of pyridine rings is 1. The SMILES string of the molecule is C[CH2][Ge]([CH2]C)([CH2]C)[CH]1C(c2ccccn2)=NOC1c1ccccc1Cl. The van der Waals surface area contributed by atoms with E-state index < -0.39 is 13.3 Å². The van der Waals surface area contributed by atoms with Crippen molar-refractivity contribution in [1.82, 2.24) is 4.98 Å². The molecule has 0 fully saturated rings. The molecular formula is C20H25ClGeN2O. The van der Waals surface area contributed by atoms with E-state index in [1.807, 2.05) is 42.6 Å². The van der Waals surface area contributed by atoms with Gasteiger partial charge in [0.05, 0.1) is 0 Å². The average molecular weight is 417 g/mol. The van der Waals surface area contributed by atoms with Gasteiger partial charge in [0.15, 0.2) is 0 Å². The van der Waals surface area contributed by atoms with E-state index in [9.17, 15) is 0 Å². The van der Waals surface area contributed by atoms with Gasteiger partial charge in [-0.05, 0) is 0 Å². The maximum atomic E-state index is 6.52. The van der Waals surface area contributed by atoms with Crippen molar-refractivity contribution in [3.63, 3.8) is 0 Å². The molecule has 2 heterocycles. The van der Waals surface area contributed by atoms with E-state index >= 15 is 0 Å². The average Bonchev–Trinajstić information content (AvgIpc) is 3.10. The van der Waals surface area contributed by atoms with Crippen molar-refractivity contribution in [2.75, 3.05) is 0 Å². The minimum atomic E-state index is -2.27. The van der Waals surface area contributed by atoms with Gasteiger partial charge in [0.1, 0.15) is 0 Å². The van der Waals surface area contributed by atoms with Gasteiger partial charge in [-0.3, -0.25) is 0 Å². The summed E-state index contributed by atoms with van der Waals surface area (Å²) in [6, 6.07) is 14.0. The van der Waals surface area contributed by atoms with E-state index in [1.165, 1.54) is 15.8 Å². The van der Waals surface area contributed by atoms with E-state index in [1.54, 1.807) is 0 Å². The van der Waals surface area contributed by atoms with Crippen molar-refractivity contribution in [3.05, 3.63) is 64.9 Å². The zero-order valence-corrected chi connectivity index (χ0v) is 17.9. The molecule has 0 bridgehead atoms. The van der Waals surface area contributed by atoms with Gasteiger partial charge in [0.25, 0.3) is 0 Å². The van der Waals surface area contributed by atoms with Crippen LogP contribution in [0.4, 0.5) is 0 Å². The Bertz CT molecular complexity index is 738. The molecule has 0 N–H and O–H groups in total. The predicted molar refractivity (Wildman–Crippen MR) is 107 cm³/mol. The molecule has 1 aliphatic heterocycles. The molecule has 132 valence electrons. The predicted octanol–water partition coefficient (Wildman–Crippen LogP) is 6.09.